The number of Topliss-reactive ketones (excluding diaryl/α,β-unsaturated/α-hetero) is 1. The van der Waals surface area contributed by atoms with Crippen molar-refractivity contribution in [1.29, 1.82) is 0 Å². The maximum absolute atomic E-state index is 12.5. The lowest BCUT2D eigenvalue weighted by atomic mass is 10.1. The number of para-hydroxylation sites is 1. The van der Waals surface area contributed by atoms with Gasteiger partial charge in [-0.05, 0) is 30.9 Å². The number of hydrogen-bond donors (Lipinski definition) is 0. The van der Waals surface area contributed by atoms with Crippen LogP contribution in [0.5, 0.6) is 0 Å². The van der Waals surface area contributed by atoms with Gasteiger partial charge in [0, 0.05) is 18.5 Å². The van der Waals surface area contributed by atoms with Crippen LogP contribution < -0.4 is 4.31 Å². The third-order valence-corrected chi connectivity index (χ3v) is 5.33. The Balaban J connectivity index is 2.36. The van der Waals surface area contributed by atoms with Crippen molar-refractivity contribution in [3.05, 3.63) is 29.8 Å². The summed E-state index contributed by atoms with van der Waals surface area (Å²) in [5, 5.41) is 0. The molecule has 0 radical (unpaired) electrons. The van der Waals surface area contributed by atoms with Crippen molar-refractivity contribution in [2.24, 2.45) is 5.92 Å². The van der Waals surface area contributed by atoms with E-state index in [1.807, 2.05) is 13.8 Å². The SMILES string of the molecule is CC(C)CCS(=O)(=O)N1CCCC(=O)c2ccccc21. The number of anilines is 1. The standard InChI is InChI=1S/C15H21NO3S/c1-12(2)9-11-20(18,19)16-10-5-8-15(17)13-6-3-4-7-14(13)16/h3-4,6-7,12H,5,8-11H2,1-2H3. The number of nitrogens with zero attached hydrogens (tertiary/aromatic N) is 1. The van der Waals surface area contributed by atoms with E-state index < -0.39 is 10.0 Å². The van der Waals surface area contributed by atoms with Gasteiger partial charge in [0.25, 0.3) is 0 Å². The van der Waals surface area contributed by atoms with Crippen LogP contribution in [0.4, 0.5) is 5.69 Å². The molecule has 1 aromatic rings. The molecule has 0 fully saturated rings. The van der Waals surface area contributed by atoms with Crippen LogP contribution >= 0.6 is 0 Å². The fourth-order valence-electron chi connectivity index (χ4n) is 2.35. The molecule has 0 N–H and O–H groups in total. The summed E-state index contributed by atoms with van der Waals surface area (Å²) in [5.74, 6) is 0.503. The van der Waals surface area contributed by atoms with Crippen LogP contribution in [0, 0.1) is 5.92 Å². The summed E-state index contributed by atoms with van der Waals surface area (Å²) in [7, 11) is -3.36. The quantitative estimate of drug-likeness (QED) is 0.858. The fraction of sp³-hybridized carbons (Fsp3) is 0.533. The van der Waals surface area contributed by atoms with Gasteiger partial charge in [-0.3, -0.25) is 9.10 Å². The Morgan fingerprint density at radius 1 is 1.25 bits per heavy atom. The lowest BCUT2D eigenvalue weighted by Crippen LogP contribution is -2.34. The van der Waals surface area contributed by atoms with E-state index in [4.69, 9.17) is 0 Å². The van der Waals surface area contributed by atoms with Crippen molar-refractivity contribution in [2.45, 2.75) is 33.1 Å². The number of carbonyl (C=O) groups excluding carboxylic acids is 1. The molecule has 0 amide bonds. The van der Waals surface area contributed by atoms with Crippen LogP contribution in [-0.2, 0) is 10.0 Å². The molecule has 20 heavy (non-hydrogen) atoms. The third-order valence-electron chi connectivity index (χ3n) is 3.53. The zero-order chi connectivity index (χ0) is 14.8. The average molecular weight is 295 g/mol. The Morgan fingerprint density at radius 2 is 1.95 bits per heavy atom. The van der Waals surface area contributed by atoms with E-state index in [1.54, 1.807) is 24.3 Å². The highest BCUT2D eigenvalue weighted by Crippen LogP contribution is 2.29. The molecule has 0 bridgehead atoms. The molecule has 110 valence electrons. The van der Waals surface area contributed by atoms with Gasteiger partial charge in [-0.25, -0.2) is 8.42 Å². The van der Waals surface area contributed by atoms with Crippen molar-refractivity contribution >= 4 is 21.5 Å². The van der Waals surface area contributed by atoms with Gasteiger partial charge in [0.2, 0.25) is 10.0 Å². The van der Waals surface area contributed by atoms with Gasteiger partial charge in [0.05, 0.1) is 11.4 Å². The maximum atomic E-state index is 12.5. The van der Waals surface area contributed by atoms with Crippen molar-refractivity contribution in [1.82, 2.24) is 0 Å². The lowest BCUT2D eigenvalue weighted by molar-refractivity contribution is 0.0984. The summed E-state index contributed by atoms with van der Waals surface area (Å²) in [4.78, 5) is 12.0. The van der Waals surface area contributed by atoms with Gasteiger partial charge in [-0.2, -0.15) is 0 Å². The summed E-state index contributed by atoms with van der Waals surface area (Å²) in [5.41, 5.74) is 1.07. The Labute approximate surface area is 120 Å². The number of ketones is 1. The Kier molecular flexibility index (Phi) is 4.48. The van der Waals surface area contributed by atoms with Crippen LogP contribution in [0.3, 0.4) is 0 Å². The van der Waals surface area contributed by atoms with E-state index in [9.17, 15) is 13.2 Å². The largest absolute Gasteiger partial charge is 0.294 e. The van der Waals surface area contributed by atoms with E-state index >= 15 is 0 Å². The van der Waals surface area contributed by atoms with E-state index in [1.165, 1.54) is 4.31 Å². The minimum atomic E-state index is -3.36. The second-order valence-electron chi connectivity index (χ2n) is 5.61. The molecule has 1 aromatic carbocycles. The highest BCUT2D eigenvalue weighted by molar-refractivity contribution is 7.92. The zero-order valence-corrected chi connectivity index (χ0v) is 12.8. The summed E-state index contributed by atoms with van der Waals surface area (Å²) in [6.45, 7) is 4.41. The summed E-state index contributed by atoms with van der Waals surface area (Å²) >= 11 is 0. The Bertz CT molecular complexity index is 593. The zero-order valence-electron chi connectivity index (χ0n) is 12.0. The van der Waals surface area contributed by atoms with Gasteiger partial charge < -0.3 is 0 Å². The Morgan fingerprint density at radius 3 is 2.65 bits per heavy atom. The molecule has 0 aliphatic carbocycles. The second kappa shape index (κ2) is 5.95. The number of hydrogen-bond acceptors (Lipinski definition) is 3. The molecule has 1 aliphatic rings. The summed E-state index contributed by atoms with van der Waals surface area (Å²) in [6.07, 6.45) is 1.62. The van der Waals surface area contributed by atoms with E-state index in [0.29, 0.717) is 43.0 Å². The van der Waals surface area contributed by atoms with Gasteiger partial charge in [0.15, 0.2) is 5.78 Å². The molecule has 1 heterocycles. The number of benzene rings is 1. The Hall–Kier alpha value is -1.36. The summed E-state index contributed by atoms with van der Waals surface area (Å²) < 4.78 is 26.5. The van der Waals surface area contributed by atoms with E-state index in [0.717, 1.165) is 0 Å². The predicted octanol–water partition coefficient (Wildman–Crippen LogP) is 2.85. The minimum Gasteiger partial charge on any atom is -0.294 e. The van der Waals surface area contributed by atoms with Crippen molar-refractivity contribution < 1.29 is 13.2 Å². The molecular weight excluding hydrogens is 274 g/mol. The van der Waals surface area contributed by atoms with Crippen molar-refractivity contribution in [3.8, 4) is 0 Å². The first kappa shape index (κ1) is 15.0. The van der Waals surface area contributed by atoms with Crippen molar-refractivity contribution in [2.75, 3.05) is 16.6 Å². The lowest BCUT2D eigenvalue weighted by Gasteiger charge is -2.24. The molecule has 5 heteroatoms. The molecule has 2 rings (SSSR count). The van der Waals surface area contributed by atoms with E-state index in [2.05, 4.69) is 0 Å². The molecule has 0 unspecified atom stereocenters. The number of fused-ring (bicyclic) bond motifs is 1. The molecule has 0 aromatic heterocycles. The molecule has 0 saturated carbocycles. The van der Waals surface area contributed by atoms with Gasteiger partial charge in [-0.1, -0.05) is 26.0 Å². The van der Waals surface area contributed by atoms with Crippen molar-refractivity contribution in [3.63, 3.8) is 0 Å². The van der Waals surface area contributed by atoms with Gasteiger partial charge in [-0.15, -0.1) is 0 Å². The molecule has 0 spiro atoms. The second-order valence-corrected chi connectivity index (χ2v) is 7.63. The number of sulfonamides is 1. The minimum absolute atomic E-state index is 0.0298. The summed E-state index contributed by atoms with van der Waals surface area (Å²) in [6, 6.07) is 7.00. The molecule has 1 aliphatic heterocycles. The molecule has 0 atom stereocenters. The van der Waals surface area contributed by atoms with Crippen LogP contribution in [0.15, 0.2) is 24.3 Å². The first-order valence-electron chi connectivity index (χ1n) is 7.04. The monoisotopic (exact) mass is 295 g/mol. The van der Waals surface area contributed by atoms with Gasteiger partial charge >= 0.3 is 0 Å². The predicted molar refractivity (Wildman–Crippen MR) is 80.6 cm³/mol. The first-order chi connectivity index (χ1) is 9.42. The van der Waals surface area contributed by atoms with Crippen LogP contribution in [0.1, 0.15) is 43.5 Å². The molecule has 0 saturated heterocycles. The van der Waals surface area contributed by atoms with Crippen LogP contribution in [0.2, 0.25) is 0 Å². The molecular formula is C15H21NO3S. The normalized spacial score (nSPS) is 16.1. The third kappa shape index (κ3) is 3.20. The average Bonchev–Trinajstić information content (AvgIpc) is 2.57. The molecule has 4 nitrogen and oxygen atoms in total. The van der Waals surface area contributed by atoms with Crippen LogP contribution in [0.25, 0.3) is 0 Å². The smallest absolute Gasteiger partial charge is 0.235 e. The first-order valence-corrected chi connectivity index (χ1v) is 8.65. The highest BCUT2D eigenvalue weighted by Gasteiger charge is 2.28. The number of rotatable bonds is 4. The number of carbonyl (C=O) groups is 1. The maximum Gasteiger partial charge on any atom is 0.235 e. The van der Waals surface area contributed by atoms with Crippen LogP contribution in [-0.4, -0.2) is 26.5 Å². The fourth-order valence-corrected chi connectivity index (χ4v) is 4.20. The van der Waals surface area contributed by atoms with Gasteiger partial charge in [0.1, 0.15) is 0 Å². The highest BCUT2D eigenvalue weighted by atomic mass is 32.2. The topological polar surface area (TPSA) is 54.5 Å². The van der Waals surface area contributed by atoms with E-state index in [-0.39, 0.29) is 11.5 Å².